The molecule has 0 saturated carbocycles. The molecule has 21 heavy (non-hydrogen) atoms. The highest BCUT2D eigenvalue weighted by atomic mass is 32.1. The van der Waals surface area contributed by atoms with Crippen LogP contribution in [0.1, 0.15) is 20.8 Å². The molecule has 1 aromatic carbocycles. The second kappa shape index (κ2) is 5.63. The molecule has 7 heteroatoms. The fourth-order valence-corrected chi connectivity index (χ4v) is 3.08. The SMILES string of the molecule is O=C(Nc1cccc2c1CNCC2)c1ccc([N+](=O)[O-])s1. The average Bonchev–Trinajstić information content (AvgIpc) is 2.98. The van der Waals surface area contributed by atoms with Gasteiger partial charge >= 0.3 is 5.00 Å². The lowest BCUT2D eigenvalue weighted by Gasteiger charge is -2.20. The lowest BCUT2D eigenvalue weighted by atomic mass is 9.99. The molecular formula is C14H13N3O3S. The van der Waals surface area contributed by atoms with Crippen molar-refractivity contribution in [2.24, 2.45) is 0 Å². The number of hydrogen-bond donors (Lipinski definition) is 2. The predicted molar refractivity (Wildman–Crippen MR) is 80.8 cm³/mol. The van der Waals surface area contributed by atoms with Crippen molar-refractivity contribution in [3.05, 3.63) is 56.5 Å². The van der Waals surface area contributed by atoms with Crippen LogP contribution in [-0.4, -0.2) is 17.4 Å². The molecule has 0 spiro atoms. The number of nitro groups is 1. The molecule has 0 bridgehead atoms. The average molecular weight is 303 g/mol. The predicted octanol–water partition coefficient (Wildman–Crippen LogP) is 2.55. The van der Waals surface area contributed by atoms with Crippen LogP contribution in [0, 0.1) is 10.1 Å². The molecule has 1 aliphatic heterocycles. The van der Waals surface area contributed by atoms with Gasteiger partial charge in [0.25, 0.3) is 5.91 Å². The van der Waals surface area contributed by atoms with Gasteiger partial charge in [-0.1, -0.05) is 23.5 Å². The molecule has 0 aliphatic carbocycles. The number of hydrogen-bond acceptors (Lipinski definition) is 5. The summed E-state index contributed by atoms with van der Waals surface area (Å²) in [5.74, 6) is -0.313. The number of amides is 1. The van der Waals surface area contributed by atoms with E-state index in [1.54, 1.807) is 0 Å². The largest absolute Gasteiger partial charge is 0.324 e. The van der Waals surface area contributed by atoms with E-state index >= 15 is 0 Å². The molecule has 1 amide bonds. The van der Waals surface area contributed by atoms with Crippen molar-refractivity contribution >= 4 is 27.9 Å². The van der Waals surface area contributed by atoms with Gasteiger partial charge < -0.3 is 10.6 Å². The first-order valence-corrected chi connectivity index (χ1v) is 7.34. The first kappa shape index (κ1) is 13.7. The van der Waals surface area contributed by atoms with Gasteiger partial charge in [0.1, 0.15) is 0 Å². The molecule has 1 aromatic heterocycles. The van der Waals surface area contributed by atoms with E-state index < -0.39 is 4.92 Å². The van der Waals surface area contributed by atoms with Crippen LogP contribution in [0.5, 0.6) is 0 Å². The van der Waals surface area contributed by atoms with Crippen LogP contribution in [0.25, 0.3) is 0 Å². The second-order valence-electron chi connectivity index (χ2n) is 4.72. The summed E-state index contributed by atoms with van der Waals surface area (Å²) in [4.78, 5) is 22.7. The maximum Gasteiger partial charge on any atom is 0.324 e. The molecule has 2 N–H and O–H groups in total. The summed E-state index contributed by atoms with van der Waals surface area (Å²) in [7, 11) is 0. The van der Waals surface area contributed by atoms with Crippen LogP contribution < -0.4 is 10.6 Å². The van der Waals surface area contributed by atoms with Crippen LogP contribution in [-0.2, 0) is 13.0 Å². The van der Waals surface area contributed by atoms with Crippen LogP contribution >= 0.6 is 11.3 Å². The van der Waals surface area contributed by atoms with E-state index in [0.29, 0.717) is 4.88 Å². The fourth-order valence-electron chi connectivity index (χ4n) is 2.36. The van der Waals surface area contributed by atoms with Gasteiger partial charge in [0.15, 0.2) is 0 Å². The quantitative estimate of drug-likeness (QED) is 0.674. The maximum atomic E-state index is 12.2. The van der Waals surface area contributed by atoms with Gasteiger partial charge in [0.2, 0.25) is 0 Å². The zero-order chi connectivity index (χ0) is 14.8. The Morgan fingerprint density at radius 3 is 2.95 bits per heavy atom. The van der Waals surface area contributed by atoms with Crippen molar-refractivity contribution < 1.29 is 9.72 Å². The number of rotatable bonds is 3. The summed E-state index contributed by atoms with van der Waals surface area (Å²) < 4.78 is 0. The summed E-state index contributed by atoms with van der Waals surface area (Å²) in [6.07, 6.45) is 0.934. The summed E-state index contributed by atoms with van der Waals surface area (Å²) >= 11 is 0.879. The Hall–Kier alpha value is -2.25. The fraction of sp³-hybridized carbons (Fsp3) is 0.214. The molecule has 6 nitrogen and oxygen atoms in total. The summed E-state index contributed by atoms with van der Waals surface area (Å²) in [5, 5.41) is 16.8. The number of fused-ring (bicyclic) bond motifs is 1. The highest BCUT2D eigenvalue weighted by Gasteiger charge is 2.18. The Morgan fingerprint density at radius 1 is 1.33 bits per heavy atom. The zero-order valence-corrected chi connectivity index (χ0v) is 11.9. The molecule has 0 fully saturated rings. The molecule has 0 radical (unpaired) electrons. The number of anilines is 1. The Balaban J connectivity index is 1.83. The molecule has 0 unspecified atom stereocenters. The van der Waals surface area contributed by atoms with E-state index in [9.17, 15) is 14.9 Å². The van der Waals surface area contributed by atoms with E-state index in [2.05, 4.69) is 16.7 Å². The van der Waals surface area contributed by atoms with E-state index in [1.165, 1.54) is 17.7 Å². The van der Waals surface area contributed by atoms with Crippen LogP contribution in [0.2, 0.25) is 0 Å². The minimum Gasteiger partial charge on any atom is -0.321 e. The third kappa shape index (κ3) is 2.79. The van der Waals surface area contributed by atoms with E-state index in [-0.39, 0.29) is 10.9 Å². The van der Waals surface area contributed by atoms with Gasteiger partial charge in [-0.3, -0.25) is 14.9 Å². The number of thiophene rings is 1. The second-order valence-corrected chi connectivity index (χ2v) is 5.78. The first-order valence-electron chi connectivity index (χ1n) is 6.52. The van der Waals surface area contributed by atoms with Crippen LogP contribution in [0.3, 0.4) is 0 Å². The topological polar surface area (TPSA) is 84.3 Å². The zero-order valence-electron chi connectivity index (χ0n) is 11.1. The van der Waals surface area contributed by atoms with E-state index in [4.69, 9.17) is 0 Å². The summed E-state index contributed by atoms with van der Waals surface area (Å²) in [5.41, 5.74) is 3.08. The lowest BCUT2D eigenvalue weighted by molar-refractivity contribution is -0.380. The van der Waals surface area contributed by atoms with Crippen molar-refractivity contribution in [2.75, 3.05) is 11.9 Å². The van der Waals surface area contributed by atoms with E-state index in [1.807, 2.05) is 12.1 Å². The highest BCUT2D eigenvalue weighted by Crippen LogP contribution is 2.27. The normalized spacial score (nSPS) is 13.5. The Labute approximate surface area is 124 Å². The molecule has 108 valence electrons. The molecule has 0 atom stereocenters. The minimum atomic E-state index is -0.490. The Kier molecular flexibility index (Phi) is 3.68. The molecule has 2 aromatic rings. The monoisotopic (exact) mass is 303 g/mol. The Morgan fingerprint density at radius 2 is 2.19 bits per heavy atom. The first-order chi connectivity index (χ1) is 10.1. The van der Waals surface area contributed by atoms with Crippen LogP contribution in [0.4, 0.5) is 10.7 Å². The maximum absolute atomic E-state index is 12.2. The minimum absolute atomic E-state index is 0.0306. The molecular weight excluding hydrogens is 290 g/mol. The molecule has 2 heterocycles. The van der Waals surface area contributed by atoms with Crippen molar-refractivity contribution in [2.45, 2.75) is 13.0 Å². The standard InChI is InChI=1S/C14H13N3O3S/c18-14(12-4-5-13(21-12)17(19)20)16-11-3-1-2-9-6-7-15-8-10(9)11/h1-5,15H,6-8H2,(H,16,18). The molecule has 3 rings (SSSR count). The van der Waals surface area contributed by atoms with Gasteiger partial charge in [-0.25, -0.2) is 0 Å². The number of nitrogens with one attached hydrogen (secondary N) is 2. The van der Waals surface area contributed by atoms with Crippen molar-refractivity contribution in [1.82, 2.24) is 5.32 Å². The van der Waals surface area contributed by atoms with Crippen molar-refractivity contribution in [3.63, 3.8) is 0 Å². The number of carbonyl (C=O) groups is 1. The van der Waals surface area contributed by atoms with Crippen molar-refractivity contribution in [1.29, 1.82) is 0 Å². The number of benzene rings is 1. The molecule has 0 saturated heterocycles. The lowest BCUT2D eigenvalue weighted by Crippen LogP contribution is -2.25. The van der Waals surface area contributed by atoms with Gasteiger partial charge in [-0.15, -0.1) is 0 Å². The van der Waals surface area contributed by atoms with Gasteiger partial charge in [0, 0.05) is 18.3 Å². The Bertz CT molecular complexity index is 711. The third-order valence-electron chi connectivity index (χ3n) is 3.39. The summed E-state index contributed by atoms with van der Waals surface area (Å²) in [6.45, 7) is 1.65. The van der Waals surface area contributed by atoms with Crippen LogP contribution in [0.15, 0.2) is 30.3 Å². The van der Waals surface area contributed by atoms with Gasteiger partial charge in [0.05, 0.1) is 9.80 Å². The van der Waals surface area contributed by atoms with Gasteiger partial charge in [-0.2, -0.15) is 0 Å². The van der Waals surface area contributed by atoms with E-state index in [0.717, 1.165) is 42.1 Å². The third-order valence-corrected chi connectivity index (χ3v) is 4.43. The smallest absolute Gasteiger partial charge is 0.321 e. The van der Waals surface area contributed by atoms with Crippen molar-refractivity contribution in [3.8, 4) is 0 Å². The number of carbonyl (C=O) groups excluding carboxylic acids is 1. The molecule has 1 aliphatic rings. The number of nitrogens with zero attached hydrogens (tertiary/aromatic N) is 1. The highest BCUT2D eigenvalue weighted by molar-refractivity contribution is 7.17. The summed E-state index contributed by atoms with van der Waals surface area (Å²) in [6, 6.07) is 8.65. The van der Waals surface area contributed by atoms with Gasteiger partial charge in [-0.05, 0) is 36.2 Å².